The van der Waals surface area contributed by atoms with Gasteiger partial charge < -0.3 is 0 Å². The Morgan fingerprint density at radius 1 is 1.29 bits per heavy atom. The highest BCUT2D eigenvalue weighted by molar-refractivity contribution is 5.72. The summed E-state index contributed by atoms with van der Waals surface area (Å²) in [6.45, 7) is 1.54. The lowest BCUT2D eigenvalue weighted by atomic mass is 9.95. The van der Waals surface area contributed by atoms with Gasteiger partial charge in [0.15, 0.2) is 0 Å². The van der Waals surface area contributed by atoms with Crippen LogP contribution in [-0.4, -0.2) is 11.9 Å². The quantitative estimate of drug-likeness (QED) is 0.780. The maximum absolute atomic E-state index is 10.9. The number of carbonyl (C=O) groups is 1. The van der Waals surface area contributed by atoms with E-state index in [1.54, 1.807) is 0 Å². The highest BCUT2D eigenvalue weighted by Crippen LogP contribution is 2.28. The van der Waals surface area contributed by atoms with E-state index >= 15 is 0 Å². The highest BCUT2D eigenvalue weighted by atomic mass is 16.2. The van der Waals surface area contributed by atoms with Crippen molar-refractivity contribution in [2.75, 3.05) is 0 Å². The van der Waals surface area contributed by atoms with Crippen LogP contribution in [0, 0.1) is 5.92 Å². The van der Waals surface area contributed by atoms with Gasteiger partial charge in [-0.3, -0.25) is 10.2 Å². The molecular formula is C14H20N2O. The van der Waals surface area contributed by atoms with Crippen LogP contribution >= 0.6 is 0 Å². The minimum absolute atomic E-state index is 0.0182. The molecule has 0 aliphatic heterocycles. The molecule has 3 nitrogen and oxygen atoms in total. The third-order valence-corrected chi connectivity index (χ3v) is 3.43. The third kappa shape index (κ3) is 3.56. The standard InChI is InChI=1S/C14H20N2O/c1-11(17)15-16-14-9-5-8-13(14)10-12-6-3-2-4-7-12/h2-4,6-7,13-14,16H,5,8-10H2,1H3,(H,15,17)/t13-,14-/m1/s1. The van der Waals surface area contributed by atoms with E-state index in [4.69, 9.17) is 0 Å². The van der Waals surface area contributed by atoms with Crippen molar-refractivity contribution in [3.63, 3.8) is 0 Å². The number of nitrogens with one attached hydrogen (secondary N) is 2. The molecule has 0 unspecified atom stereocenters. The molecule has 1 aliphatic rings. The van der Waals surface area contributed by atoms with Crippen molar-refractivity contribution in [2.24, 2.45) is 5.92 Å². The fraction of sp³-hybridized carbons (Fsp3) is 0.500. The summed E-state index contributed by atoms with van der Waals surface area (Å²) in [6, 6.07) is 11.0. The van der Waals surface area contributed by atoms with Crippen LogP contribution in [0.3, 0.4) is 0 Å². The van der Waals surface area contributed by atoms with Gasteiger partial charge >= 0.3 is 0 Å². The van der Waals surface area contributed by atoms with Crippen LogP contribution in [0.15, 0.2) is 30.3 Å². The Kier molecular flexibility index (Phi) is 4.15. The van der Waals surface area contributed by atoms with E-state index in [9.17, 15) is 4.79 Å². The maximum atomic E-state index is 10.9. The van der Waals surface area contributed by atoms with Crippen molar-refractivity contribution in [3.8, 4) is 0 Å². The molecule has 17 heavy (non-hydrogen) atoms. The molecule has 1 fully saturated rings. The molecule has 0 aromatic heterocycles. The van der Waals surface area contributed by atoms with E-state index in [0.29, 0.717) is 12.0 Å². The second kappa shape index (κ2) is 5.82. The summed E-state index contributed by atoms with van der Waals surface area (Å²) in [6.07, 6.45) is 4.73. The first-order valence-corrected chi connectivity index (χ1v) is 6.32. The van der Waals surface area contributed by atoms with Crippen molar-refractivity contribution in [3.05, 3.63) is 35.9 Å². The number of rotatable bonds is 4. The van der Waals surface area contributed by atoms with E-state index < -0.39 is 0 Å². The van der Waals surface area contributed by atoms with Gasteiger partial charge in [0.1, 0.15) is 0 Å². The number of hydrogen-bond donors (Lipinski definition) is 2. The Labute approximate surface area is 103 Å². The molecular weight excluding hydrogens is 212 g/mol. The molecule has 3 heteroatoms. The van der Waals surface area contributed by atoms with Crippen molar-refractivity contribution in [2.45, 2.75) is 38.6 Å². The molecule has 1 aromatic carbocycles. The SMILES string of the molecule is CC(=O)NN[C@@H]1CCC[C@@H]1Cc1ccccc1. The number of hydrazine groups is 1. The Morgan fingerprint density at radius 2 is 2.06 bits per heavy atom. The second-order valence-electron chi connectivity index (χ2n) is 4.81. The number of hydrogen-bond acceptors (Lipinski definition) is 2. The second-order valence-corrected chi connectivity index (χ2v) is 4.81. The molecule has 1 aliphatic carbocycles. The largest absolute Gasteiger partial charge is 0.292 e. The Morgan fingerprint density at radius 3 is 2.76 bits per heavy atom. The zero-order chi connectivity index (χ0) is 12.1. The zero-order valence-electron chi connectivity index (χ0n) is 10.3. The smallest absolute Gasteiger partial charge is 0.230 e. The number of benzene rings is 1. The Balaban J connectivity index is 1.89. The van der Waals surface area contributed by atoms with Crippen molar-refractivity contribution < 1.29 is 4.79 Å². The fourth-order valence-corrected chi connectivity index (χ4v) is 2.58. The molecule has 0 saturated heterocycles. The van der Waals surface area contributed by atoms with Crippen LogP contribution in [-0.2, 0) is 11.2 Å². The predicted octanol–water partition coefficient (Wildman–Crippen LogP) is 2.04. The lowest BCUT2D eigenvalue weighted by Gasteiger charge is -2.21. The van der Waals surface area contributed by atoms with Gasteiger partial charge in [0.05, 0.1) is 0 Å². The first-order chi connectivity index (χ1) is 8.25. The molecule has 2 N–H and O–H groups in total. The molecule has 92 valence electrons. The Bertz CT molecular complexity index is 364. The molecule has 2 atom stereocenters. The van der Waals surface area contributed by atoms with Crippen LogP contribution in [0.4, 0.5) is 0 Å². The minimum Gasteiger partial charge on any atom is -0.292 e. The van der Waals surface area contributed by atoms with E-state index in [2.05, 4.69) is 35.1 Å². The lowest BCUT2D eigenvalue weighted by molar-refractivity contribution is -0.120. The topological polar surface area (TPSA) is 41.1 Å². The Hall–Kier alpha value is -1.35. The van der Waals surface area contributed by atoms with Gasteiger partial charge in [-0.2, -0.15) is 0 Å². The first kappa shape index (κ1) is 12.1. The zero-order valence-corrected chi connectivity index (χ0v) is 10.3. The maximum Gasteiger partial charge on any atom is 0.230 e. The summed E-state index contributed by atoms with van der Waals surface area (Å²) in [5.74, 6) is 0.611. The third-order valence-electron chi connectivity index (χ3n) is 3.43. The summed E-state index contributed by atoms with van der Waals surface area (Å²) in [5.41, 5.74) is 7.25. The van der Waals surface area contributed by atoms with Gasteiger partial charge in [-0.1, -0.05) is 36.8 Å². The first-order valence-electron chi connectivity index (χ1n) is 6.32. The molecule has 1 aromatic rings. The summed E-state index contributed by atoms with van der Waals surface area (Å²) in [7, 11) is 0. The van der Waals surface area contributed by atoms with Gasteiger partial charge in [-0.25, -0.2) is 5.43 Å². The summed E-state index contributed by atoms with van der Waals surface area (Å²) in [4.78, 5) is 10.9. The van der Waals surface area contributed by atoms with Gasteiger partial charge in [0.25, 0.3) is 0 Å². The van der Waals surface area contributed by atoms with E-state index in [1.807, 2.05) is 6.07 Å². The number of carbonyl (C=O) groups excluding carboxylic acids is 1. The van der Waals surface area contributed by atoms with E-state index in [-0.39, 0.29) is 5.91 Å². The van der Waals surface area contributed by atoms with Gasteiger partial charge in [0, 0.05) is 13.0 Å². The highest BCUT2D eigenvalue weighted by Gasteiger charge is 2.27. The molecule has 1 amide bonds. The van der Waals surface area contributed by atoms with Gasteiger partial charge in [-0.05, 0) is 30.7 Å². The van der Waals surface area contributed by atoms with Gasteiger partial charge in [0.2, 0.25) is 5.91 Å². The number of amides is 1. The van der Waals surface area contributed by atoms with Crippen LogP contribution in [0.2, 0.25) is 0 Å². The summed E-state index contributed by atoms with van der Waals surface area (Å²) < 4.78 is 0. The molecule has 2 rings (SSSR count). The lowest BCUT2D eigenvalue weighted by Crippen LogP contribution is -2.45. The molecule has 0 heterocycles. The van der Waals surface area contributed by atoms with Crippen molar-refractivity contribution in [1.82, 2.24) is 10.9 Å². The monoisotopic (exact) mass is 232 g/mol. The van der Waals surface area contributed by atoms with Crippen LogP contribution in [0.1, 0.15) is 31.7 Å². The summed E-state index contributed by atoms with van der Waals surface area (Å²) in [5, 5.41) is 0. The fourth-order valence-electron chi connectivity index (χ4n) is 2.58. The minimum atomic E-state index is -0.0182. The van der Waals surface area contributed by atoms with E-state index in [0.717, 1.165) is 12.8 Å². The van der Waals surface area contributed by atoms with Crippen LogP contribution in [0.25, 0.3) is 0 Å². The van der Waals surface area contributed by atoms with Crippen LogP contribution in [0.5, 0.6) is 0 Å². The van der Waals surface area contributed by atoms with Crippen molar-refractivity contribution in [1.29, 1.82) is 0 Å². The molecule has 0 spiro atoms. The average Bonchev–Trinajstić information content (AvgIpc) is 2.75. The van der Waals surface area contributed by atoms with Gasteiger partial charge in [-0.15, -0.1) is 0 Å². The van der Waals surface area contributed by atoms with E-state index in [1.165, 1.54) is 25.3 Å². The molecule has 1 saturated carbocycles. The summed E-state index contributed by atoms with van der Waals surface area (Å²) >= 11 is 0. The van der Waals surface area contributed by atoms with Crippen molar-refractivity contribution >= 4 is 5.91 Å². The normalized spacial score (nSPS) is 23.6. The average molecular weight is 232 g/mol. The molecule has 0 bridgehead atoms. The molecule has 0 radical (unpaired) electrons. The predicted molar refractivity (Wildman–Crippen MR) is 68.2 cm³/mol. The van der Waals surface area contributed by atoms with Crippen LogP contribution < -0.4 is 10.9 Å².